The summed E-state index contributed by atoms with van der Waals surface area (Å²) in [6.45, 7) is 6.15. The summed E-state index contributed by atoms with van der Waals surface area (Å²) < 4.78 is 28.2. The summed E-state index contributed by atoms with van der Waals surface area (Å²) in [5.41, 5.74) is 0.900. The number of aromatic hydroxyl groups is 1. The molecule has 0 bridgehead atoms. The molecule has 0 unspecified atom stereocenters. The highest BCUT2D eigenvalue weighted by atomic mass is 16.7. The van der Waals surface area contributed by atoms with E-state index < -0.39 is 42.8 Å². The molecule has 1 saturated heterocycles. The van der Waals surface area contributed by atoms with Gasteiger partial charge in [0.1, 0.15) is 48.6 Å². The zero-order valence-electron chi connectivity index (χ0n) is 28.8. The molecule has 12 heteroatoms. The molecule has 4 rings (SSSR count). The molecular weight excluding hydrogens is 636 g/mol. The second kappa shape index (κ2) is 18.0. The summed E-state index contributed by atoms with van der Waals surface area (Å²) in [6.07, 6.45) is -2.08. The number of methoxy groups -OCH3 is 1. The number of Topliss-reactive ketones (excluding diaryl/α,β-unsaturated/α-hetero) is 1. The van der Waals surface area contributed by atoms with E-state index in [1.165, 1.54) is 31.4 Å². The zero-order valence-corrected chi connectivity index (χ0v) is 28.8. The van der Waals surface area contributed by atoms with Gasteiger partial charge in [-0.05, 0) is 60.4 Å². The molecule has 0 aromatic heterocycles. The normalized spacial score (nSPS) is 24.9. The number of hydrogen-bond donors (Lipinski definition) is 5. The Kier molecular flexibility index (Phi) is 14.1. The Labute approximate surface area is 287 Å². The van der Waals surface area contributed by atoms with Crippen LogP contribution in [0.3, 0.4) is 0 Å². The lowest BCUT2D eigenvalue weighted by molar-refractivity contribution is -0.278. The third-order valence-corrected chi connectivity index (χ3v) is 9.27. The van der Waals surface area contributed by atoms with Gasteiger partial charge in [0.05, 0.1) is 19.1 Å². The number of phenolic OH excluding ortho intramolecular Hbond substituents is 1. The summed E-state index contributed by atoms with van der Waals surface area (Å²) in [7, 11) is 1.43. The van der Waals surface area contributed by atoms with Crippen molar-refractivity contribution in [3.63, 3.8) is 0 Å². The second-order valence-electron chi connectivity index (χ2n) is 13.8. The lowest BCUT2D eigenvalue weighted by Gasteiger charge is -2.40. The van der Waals surface area contributed by atoms with Gasteiger partial charge in [-0.2, -0.15) is 0 Å². The van der Waals surface area contributed by atoms with Crippen molar-refractivity contribution < 1.29 is 58.8 Å². The number of aliphatic hydroxyl groups is 4. The number of phenols is 1. The second-order valence-corrected chi connectivity index (χ2v) is 13.8. The number of benzene rings is 2. The van der Waals surface area contributed by atoms with Crippen molar-refractivity contribution in [2.75, 3.05) is 20.3 Å². The summed E-state index contributed by atoms with van der Waals surface area (Å²) in [5.74, 6) is 0.883. The van der Waals surface area contributed by atoms with E-state index in [0.29, 0.717) is 17.0 Å². The molecule has 49 heavy (non-hydrogen) atoms. The number of carbonyl (C=O) groups is 2. The molecule has 5 N–H and O–H groups in total. The van der Waals surface area contributed by atoms with Gasteiger partial charge in [-0.15, -0.1) is 0 Å². The molecule has 2 aliphatic heterocycles. The summed E-state index contributed by atoms with van der Waals surface area (Å²) in [6, 6.07) is 9.22. The third kappa shape index (κ3) is 10.5. The fourth-order valence-electron chi connectivity index (χ4n) is 6.27. The number of ether oxygens (including phenoxy) is 5. The molecule has 12 nitrogen and oxygen atoms in total. The van der Waals surface area contributed by atoms with Crippen LogP contribution in [0.4, 0.5) is 0 Å². The summed E-state index contributed by atoms with van der Waals surface area (Å²) >= 11 is 0. The van der Waals surface area contributed by atoms with Gasteiger partial charge in [-0.1, -0.05) is 52.5 Å². The standard InChI is InChI=1S/C37H52O12/c1-21(2)7-5-9-23(19-38)10-6-8-22(3)15-33(41)46-20-32-34(42)35(43)36(44)37(49-32)47-25-12-13-26-27(39)18-30(48-31(26)17-25)24-11-14-29(45-4)28(40)16-24/h11-14,16-17,21-23,30,32,34-38,40,42-44H,5-10,15,18-20H2,1-4H3/t22-,23-,30-,32-,34-,35+,36-,37-/m1/s1. The maximum Gasteiger partial charge on any atom is 0.306 e. The Balaban J connectivity index is 1.29. The van der Waals surface area contributed by atoms with Crippen LogP contribution in [-0.4, -0.2) is 88.3 Å². The number of fused-ring (bicyclic) bond motifs is 1. The first-order valence-electron chi connectivity index (χ1n) is 17.2. The fraction of sp³-hybridized carbons (Fsp3) is 0.622. The van der Waals surface area contributed by atoms with Gasteiger partial charge >= 0.3 is 5.97 Å². The smallest absolute Gasteiger partial charge is 0.306 e. The molecule has 2 aromatic rings. The first-order valence-corrected chi connectivity index (χ1v) is 17.2. The van der Waals surface area contributed by atoms with Gasteiger partial charge in [0.15, 0.2) is 17.3 Å². The van der Waals surface area contributed by atoms with Crippen LogP contribution in [-0.2, 0) is 14.3 Å². The van der Waals surface area contributed by atoms with Crippen molar-refractivity contribution in [1.29, 1.82) is 0 Å². The van der Waals surface area contributed by atoms with Crippen LogP contribution in [0.15, 0.2) is 36.4 Å². The average Bonchev–Trinajstić information content (AvgIpc) is 3.06. The van der Waals surface area contributed by atoms with E-state index in [0.717, 1.165) is 38.5 Å². The highest BCUT2D eigenvalue weighted by molar-refractivity contribution is 6.00. The minimum atomic E-state index is -1.65. The lowest BCUT2D eigenvalue weighted by Crippen LogP contribution is -2.60. The fourth-order valence-corrected chi connectivity index (χ4v) is 6.27. The van der Waals surface area contributed by atoms with Crippen molar-refractivity contribution in [1.82, 2.24) is 0 Å². The highest BCUT2D eigenvalue weighted by Gasteiger charge is 2.45. The number of ketones is 1. The van der Waals surface area contributed by atoms with Crippen LogP contribution < -0.4 is 14.2 Å². The van der Waals surface area contributed by atoms with Gasteiger partial charge in [0.2, 0.25) is 6.29 Å². The van der Waals surface area contributed by atoms with E-state index >= 15 is 0 Å². The lowest BCUT2D eigenvalue weighted by atomic mass is 9.92. The van der Waals surface area contributed by atoms with Crippen LogP contribution in [0.1, 0.15) is 94.2 Å². The number of carbonyl (C=O) groups excluding carboxylic acids is 2. The molecule has 0 radical (unpaired) electrons. The third-order valence-electron chi connectivity index (χ3n) is 9.27. The molecule has 8 atom stereocenters. The molecule has 0 spiro atoms. The first kappa shape index (κ1) is 38.4. The van der Waals surface area contributed by atoms with Gasteiger partial charge in [0.25, 0.3) is 0 Å². The van der Waals surface area contributed by atoms with E-state index in [-0.39, 0.29) is 66.7 Å². The molecule has 1 fully saturated rings. The monoisotopic (exact) mass is 688 g/mol. The summed E-state index contributed by atoms with van der Waals surface area (Å²) in [5, 5.41) is 51.6. The Morgan fingerprint density at radius 1 is 0.959 bits per heavy atom. The van der Waals surface area contributed by atoms with Gasteiger partial charge in [0, 0.05) is 19.1 Å². The first-order chi connectivity index (χ1) is 23.4. The van der Waals surface area contributed by atoms with E-state index in [1.54, 1.807) is 12.1 Å². The molecule has 2 aliphatic rings. The molecule has 0 aliphatic carbocycles. The Morgan fingerprint density at radius 2 is 1.69 bits per heavy atom. The van der Waals surface area contributed by atoms with Gasteiger partial charge < -0.3 is 49.2 Å². The van der Waals surface area contributed by atoms with Crippen LogP contribution in [0.2, 0.25) is 0 Å². The Bertz CT molecular complexity index is 1380. The van der Waals surface area contributed by atoms with Gasteiger partial charge in [-0.25, -0.2) is 0 Å². The van der Waals surface area contributed by atoms with Crippen molar-refractivity contribution in [3.05, 3.63) is 47.5 Å². The minimum Gasteiger partial charge on any atom is -0.504 e. The van der Waals surface area contributed by atoms with E-state index in [4.69, 9.17) is 23.7 Å². The maximum atomic E-state index is 12.9. The maximum absolute atomic E-state index is 12.9. The van der Waals surface area contributed by atoms with Crippen molar-refractivity contribution >= 4 is 11.8 Å². The van der Waals surface area contributed by atoms with Crippen LogP contribution in [0, 0.1) is 17.8 Å². The van der Waals surface area contributed by atoms with Crippen molar-refractivity contribution in [2.45, 2.75) is 109 Å². The molecule has 2 aromatic carbocycles. The quantitative estimate of drug-likeness (QED) is 0.147. The minimum absolute atomic E-state index is 0.0510. The molecule has 272 valence electrons. The van der Waals surface area contributed by atoms with Gasteiger partial charge in [-0.3, -0.25) is 9.59 Å². The number of hydrogen-bond acceptors (Lipinski definition) is 12. The number of aliphatic hydroxyl groups excluding tert-OH is 4. The van der Waals surface area contributed by atoms with Crippen LogP contribution >= 0.6 is 0 Å². The van der Waals surface area contributed by atoms with Crippen LogP contribution in [0.25, 0.3) is 0 Å². The predicted molar refractivity (Wildman–Crippen MR) is 179 cm³/mol. The summed E-state index contributed by atoms with van der Waals surface area (Å²) in [4.78, 5) is 25.5. The molecule has 0 amide bonds. The Morgan fingerprint density at radius 3 is 2.37 bits per heavy atom. The zero-order chi connectivity index (χ0) is 35.7. The van der Waals surface area contributed by atoms with Crippen LogP contribution in [0.5, 0.6) is 23.0 Å². The largest absolute Gasteiger partial charge is 0.504 e. The molecule has 2 heterocycles. The average molecular weight is 689 g/mol. The number of rotatable bonds is 17. The topological polar surface area (TPSA) is 181 Å². The van der Waals surface area contributed by atoms with E-state index in [2.05, 4.69) is 13.8 Å². The molecular formula is C37H52O12. The molecule has 0 saturated carbocycles. The SMILES string of the molecule is COc1ccc([C@H]2CC(=O)c3ccc(O[C@@H]4O[C@H](COC(=O)C[C@H](C)CCC[C@H](CO)CCCC(C)C)[C@@H](O)[C@H](O)[C@H]4O)cc3O2)cc1O. The van der Waals surface area contributed by atoms with Crippen molar-refractivity contribution in [2.24, 2.45) is 17.8 Å². The Hall–Kier alpha value is -3.42. The highest BCUT2D eigenvalue weighted by Crippen LogP contribution is 2.39. The van der Waals surface area contributed by atoms with Crippen molar-refractivity contribution in [3.8, 4) is 23.0 Å². The van der Waals surface area contributed by atoms with E-state index in [1.807, 2.05) is 6.92 Å². The number of esters is 1. The van der Waals surface area contributed by atoms with E-state index in [9.17, 15) is 35.1 Å². The predicted octanol–water partition coefficient (Wildman–Crippen LogP) is 4.47.